The molecule has 0 spiro atoms. The van der Waals surface area contributed by atoms with E-state index in [1.165, 1.54) is 6.07 Å². The molecule has 1 aromatic heterocycles. The molecular formula is C28H22N4O4. The first-order valence-electron chi connectivity index (χ1n) is 11.7. The number of carbonyl (C=O) groups excluding carboxylic acids is 3. The van der Waals surface area contributed by atoms with E-state index >= 15 is 0 Å². The molecule has 0 saturated carbocycles. The van der Waals surface area contributed by atoms with Crippen molar-refractivity contribution < 1.29 is 14.4 Å². The number of aromatic nitrogens is 1. The second kappa shape index (κ2) is 8.20. The summed E-state index contributed by atoms with van der Waals surface area (Å²) in [6.07, 6.45) is -0.561. The van der Waals surface area contributed by atoms with Crippen LogP contribution in [0.25, 0.3) is 10.9 Å². The van der Waals surface area contributed by atoms with E-state index in [1.807, 2.05) is 25.1 Å². The molecular weight excluding hydrogens is 456 g/mol. The molecule has 0 unspecified atom stereocenters. The van der Waals surface area contributed by atoms with Gasteiger partial charge >= 0.3 is 0 Å². The van der Waals surface area contributed by atoms with Crippen LogP contribution in [0.15, 0.2) is 77.6 Å². The zero-order valence-electron chi connectivity index (χ0n) is 19.4. The second-order valence-electron chi connectivity index (χ2n) is 9.03. The molecule has 0 aliphatic carbocycles. The van der Waals surface area contributed by atoms with E-state index in [9.17, 15) is 19.2 Å². The number of hydrogen-bond donors (Lipinski definition) is 2. The van der Waals surface area contributed by atoms with Gasteiger partial charge in [-0.3, -0.25) is 24.1 Å². The number of anilines is 2. The first-order chi connectivity index (χ1) is 17.4. The molecule has 4 aromatic rings. The zero-order valence-corrected chi connectivity index (χ0v) is 19.4. The van der Waals surface area contributed by atoms with E-state index in [0.29, 0.717) is 28.0 Å². The van der Waals surface area contributed by atoms with Gasteiger partial charge in [-0.25, -0.2) is 0 Å². The topological polar surface area (TPSA) is 103 Å². The van der Waals surface area contributed by atoms with Gasteiger partial charge in [-0.2, -0.15) is 0 Å². The van der Waals surface area contributed by atoms with Crippen molar-refractivity contribution in [2.24, 2.45) is 0 Å². The molecule has 2 aliphatic rings. The van der Waals surface area contributed by atoms with Crippen molar-refractivity contribution in [1.29, 1.82) is 0 Å². The Balaban J connectivity index is 1.27. The molecule has 1 atom stereocenters. The largest absolute Gasteiger partial charge is 0.326 e. The average Bonchev–Trinajstić information content (AvgIpc) is 3.16. The standard InChI is InChI=1S/C28H22N4O4/c1-16-14-25(34)30-22-15-17(10-11-18(16)22)29-24(33)12-13-31-26-19-6-2-3-7-20(19)28(36)32(26)23-9-5-4-8-21(23)27(31)35/h2-11,14-15,26H,12-13H2,1H3,(H,29,33)(H,30,34)/t26-/m0/s1. The lowest BCUT2D eigenvalue weighted by Crippen LogP contribution is -2.48. The van der Waals surface area contributed by atoms with E-state index in [1.54, 1.807) is 58.3 Å². The predicted octanol–water partition coefficient (Wildman–Crippen LogP) is 3.98. The Bertz CT molecular complexity index is 1640. The minimum atomic E-state index is -0.599. The van der Waals surface area contributed by atoms with E-state index in [0.717, 1.165) is 16.5 Å². The fourth-order valence-electron chi connectivity index (χ4n) is 5.16. The van der Waals surface area contributed by atoms with Crippen molar-refractivity contribution >= 4 is 40.0 Å². The number of aryl methyl sites for hydroxylation is 1. The van der Waals surface area contributed by atoms with Gasteiger partial charge in [-0.1, -0.05) is 36.4 Å². The third-order valence-electron chi connectivity index (χ3n) is 6.80. The lowest BCUT2D eigenvalue weighted by Gasteiger charge is -2.40. The summed E-state index contributed by atoms with van der Waals surface area (Å²) in [6.45, 7) is 1.99. The van der Waals surface area contributed by atoms with Crippen molar-refractivity contribution in [2.45, 2.75) is 19.5 Å². The van der Waals surface area contributed by atoms with Crippen LogP contribution in [-0.4, -0.2) is 34.2 Å². The van der Waals surface area contributed by atoms with Crippen LogP contribution in [-0.2, 0) is 4.79 Å². The third kappa shape index (κ3) is 3.38. The van der Waals surface area contributed by atoms with E-state index in [4.69, 9.17) is 0 Å². The number of amides is 3. The molecule has 3 aromatic carbocycles. The van der Waals surface area contributed by atoms with Crippen molar-refractivity contribution in [3.63, 3.8) is 0 Å². The summed E-state index contributed by atoms with van der Waals surface area (Å²) in [7, 11) is 0. The van der Waals surface area contributed by atoms with Crippen molar-refractivity contribution in [1.82, 2.24) is 9.88 Å². The number of carbonyl (C=O) groups is 3. The van der Waals surface area contributed by atoms with Gasteiger partial charge in [0.05, 0.1) is 16.8 Å². The fourth-order valence-corrected chi connectivity index (χ4v) is 5.16. The number of benzene rings is 3. The van der Waals surface area contributed by atoms with Gasteiger partial charge in [0.1, 0.15) is 6.17 Å². The molecule has 2 N–H and O–H groups in total. The summed E-state index contributed by atoms with van der Waals surface area (Å²) >= 11 is 0. The Morgan fingerprint density at radius 1 is 0.917 bits per heavy atom. The van der Waals surface area contributed by atoms with Gasteiger partial charge in [-0.15, -0.1) is 0 Å². The van der Waals surface area contributed by atoms with Gasteiger partial charge in [-0.05, 0) is 42.8 Å². The van der Waals surface area contributed by atoms with E-state index in [2.05, 4.69) is 10.3 Å². The number of nitrogens with zero attached hydrogens (tertiary/aromatic N) is 2. The summed E-state index contributed by atoms with van der Waals surface area (Å²) in [5, 5.41) is 3.75. The molecule has 3 amide bonds. The lowest BCUT2D eigenvalue weighted by atomic mass is 10.0. The number of fused-ring (bicyclic) bond motifs is 6. The summed E-state index contributed by atoms with van der Waals surface area (Å²) in [6, 6.07) is 21.2. The SMILES string of the molecule is Cc1cc(=O)[nH]c2cc(NC(=O)CCN3C(=O)c4ccccc4N4C(=O)c5ccccc5[C@@H]34)ccc12. The molecule has 178 valence electrons. The van der Waals surface area contributed by atoms with Crippen molar-refractivity contribution in [2.75, 3.05) is 16.8 Å². The van der Waals surface area contributed by atoms with Crippen LogP contribution in [0.2, 0.25) is 0 Å². The zero-order chi connectivity index (χ0) is 25.0. The maximum Gasteiger partial charge on any atom is 0.260 e. The van der Waals surface area contributed by atoms with Crippen LogP contribution in [0.5, 0.6) is 0 Å². The number of aromatic amines is 1. The van der Waals surface area contributed by atoms with Crippen molar-refractivity contribution in [3.8, 4) is 0 Å². The summed E-state index contributed by atoms with van der Waals surface area (Å²) < 4.78 is 0. The first kappa shape index (κ1) is 21.8. The normalized spacial score (nSPS) is 16.1. The minimum absolute atomic E-state index is 0.0387. The Hall–Kier alpha value is -4.72. The highest BCUT2D eigenvalue weighted by atomic mass is 16.2. The average molecular weight is 479 g/mol. The molecule has 0 fully saturated rings. The number of hydrogen-bond acceptors (Lipinski definition) is 4. The summed E-state index contributed by atoms with van der Waals surface area (Å²) in [4.78, 5) is 57.5. The molecule has 2 aliphatic heterocycles. The third-order valence-corrected chi connectivity index (χ3v) is 6.80. The van der Waals surface area contributed by atoms with E-state index in [-0.39, 0.29) is 36.2 Å². The highest BCUT2D eigenvalue weighted by Gasteiger charge is 2.47. The van der Waals surface area contributed by atoms with Gasteiger partial charge in [0.2, 0.25) is 11.5 Å². The highest BCUT2D eigenvalue weighted by Crippen LogP contribution is 2.45. The number of pyridine rings is 1. The fraction of sp³-hybridized carbons (Fsp3) is 0.143. The molecule has 36 heavy (non-hydrogen) atoms. The molecule has 0 radical (unpaired) electrons. The van der Waals surface area contributed by atoms with Gasteiger partial charge < -0.3 is 15.2 Å². The smallest absolute Gasteiger partial charge is 0.260 e. The Labute approximate surface area is 206 Å². The second-order valence-corrected chi connectivity index (χ2v) is 9.03. The van der Waals surface area contributed by atoms with Crippen LogP contribution in [0, 0.1) is 6.92 Å². The monoisotopic (exact) mass is 478 g/mol. The van der Waals surface area contributed by atoms with Gasteiger partial charge in [0, 0.05) is 41.2 Å². The molecule has 3 heterocycles. The number of nitrogens with one attached hydrogen (secondary N) is 2. The highest BCUT2D eigenvalue weighted by molar-refractivity contribution is 6.16. The summed E-state index contributed by atoms with van der Waals surface area (Å²) in [5.74, 6) is -0.659. The quantitative estimate of drug-likeness (QED) is 0.463. The van der Waals surface area contributed by atoms with Crippen LogP contribution in [0.4, 0.5) is 11.4 Å². The molecule has 8 nitrogen and oxygen atoms in total. The molecule has 8 heteroatoms. The Morgan fingerprint density at radius 3 is 2.50 bits per heavy atom. The number of para-hydroxylation sites is 1. The first-order valence-corrected chi connectivity index (χ1v) is 11.7. The van der Waals surface area contributed by atoms with Crippen LogP contribution >= 0.6 is 0 Å². The van der Waals surface area contributed by atoms with Crippen LogP contribution in [0.1, 0.15) is 44.4 Å². The Kier molecular flexibility index (Phi) is 4.96. The maximum absolute atomic E-state index is 13.5. The number of rotatable bonds is 4. The predicted molar refractivity (Wildman–Crippen MR) is 136 cm³/mol. The number of H-pyrrole nitrogens is 1. The molecule has 0 bridgehead atoms. The molecule has 6 rings (SSSR count). The van der Waals surface area contributed by atoms with Crippen LogP contribution < -0.4 is 15.8 Å². The van der Waals surface area contributed by atoms with Crippen molar-refractivity contribution in [3.05, 3.63) is 105 Å². The lowest BCUT2D eigenvalue weighted by molar-refractivity contribution is -0.116. The van der Waals surface area contributed by atoms with E-state index < -0.39 is 6.17 Å². The Morgan fingerprint density at radius 2 is 1.67 bits per heavy atom. The summed E-state index contributed by atoms with van der Waals surface area (Å²) in [5.41, 5.74) is 4.15. The maximum atomic E-state index is 13.5. The molecule has 0 saturated heterocycles. The minimum Gasteiger partial charge on any atom is -0.326 e. The van der Waals surface area contributed by atoms with Crippen LogP contribution in [0.3, 0.4) is 0 Å². The van der Waals surface area contributed by atoms with Gasteiger partial charge in [0.15, 0.2) is 0 Å². The van der Waals surface area contributed by atoms with Gasteiger partial charge in [0.25, 0.3) is 11.8 Å².